The monoisotopic (exact) mass is 570 g/mol. The maximum atomic E-state index is 12.7. The summed E-state index contributed by atoms with van der Waals surface area (Å²) >= 11 is 0. The molecule has 0 spiro atoms. The summed E-state index contributed by atoms with van der Waals surface area (Å²) in [6.07, 6.45) is 11.7. The van der Waals surface area contributed by atoms with Crippen molar-refractivity contribution in [2.75, 3.05) is 6.61 Å². The molecule has 0 heterocycles. The second kappa shape index (κ2) is 10.6. The van der Waals surface area contributed by atoms with Gasteiger partial charge in [0, 0.05) is 12.0 Å². The Morgan fingerprint density at radius 3 is 2.12 bits per heavy atom. The van der Waals surface area contributed by atoms with Gasteiger partial charge < -0.3 is 9.53 Å². The summed E-state index contributed by atoms with van der Waals surface area (Å²) in [4.78, 5) is 12.7. The van der Waals surface area contributed by atoms with Crippen molar-refractivity contribution in [2.24, 2.45) is 34.5 Å². The van der Waals surface area contributed by atoms with Crippen LogP contribution in [0.3, 0.4) is 0 Å². The van der Waals surface area contributed by atoms with Crippen LogP contribution in [0.1, 0.15) is 86.0 Å². The van der Waals surface area contributed by atoms with Crippen molar-refractivity contribution in [3.05, 3.63) is 72.3 Å². The maximum Gasteiger partial charge on any atom is 0.261 e. The van der Waals surface area contributed by atoms with Crippen molar-refractivity contribution in [1.29, 1.82) is 0 Å². The van der Waals surface area contributed by atoms with E-state index in [2.05, 4.69) is 101 Å². The Kier molecular flexibility index (Phi) is 7.52. The van der Waals surface area contributed by atoms with E-state index in [-0.39, 0.29) is 40.3 Å². The molecule has 7 atom stereocenters. The molecule has 2 aromatic rings. The summed E-state index contributed by atoms with van der Waals surface area (Å²) in [7, 11) is -2.58. The minimum absolute atomic E-state index is 0.0126. The highest BCUT2D eigenvalue weighted by molar-refractivity contribution is 6.99. The molecular weight excluding hydrogens is 520 g/mol. The van der Waals surface area contributed by atoms with Gasteiger partial charge in [-0.15, -0.1) is 0 Å². The third-order valence-corrected chi connectivity index (χ3v) is 17.5. The molecule has 0 amide bonds. The van der Waals surface area contributed by atoms with Gasteiger partial charge in [0.15, 0.2) is 5.78 Å². The van der Waals surface area contributed by atoms with Gasteiger partial charge >= 0.3 is 0 Å². The first-order chi connectivity index (χ1) is 19.5. The molecule has 3 fully saturated rings. The molecule has 3 nitrogen and oxygen atoms in total. The Balaban J connectivity index is 1.30. The zero-order valence-corrected chi connectivity index (χ0v) is 26.9. The molecule has 4 heteroatoms. The Morgan fingerprint density at radius 1 is 0.902 bits per heavy atom. The number of fused-ring (bicyclic) bond motifs is 5. The van der Waals surface area contributed by atoms with Crippen LogP contribution in [0.2, 0.25) is 5.04 Å². The molecule has 4 aliphatic rings. The van der Waals surface area contributed by atoms with Crippen molar-refractivity contribution in [3.8, 4) is 0 Å². The average molecular weight is 571 g/mol. The number of aliphatic hydroxyl groups excluding tert-OH is 1. The lowest BCUT2D eigenvalue weighted by Gasteiger charge is -2.58. The van der Waals surface area contributed by atoms with Gasteiger partial charge in [-0.25, -0.2) is 0 Å². The largest absolute Gasteiger partial charge is 0.404 e. The van der Waals surface area contributed by atoms with Gasteiger partial charge in [-0.3, -0.25) is 4.79 Å². The van der Waals surface area contributed by atoms with Crippen molar-refractivity contribution in [1.82, 2.24) is 0 Å². The van der Waals surface area contributed by atoms with Gasteiger partial charge in [-0.1, -0.05) is 107 Å². The fraction of sp³-hybridized carbons (Fsp3) is 0.595. The minimum atomic E-state index is -2.58. The number of benzene rings is 2. The summed E-state index contributed by atoms with van der Waals surface area (Å²) in [5, 5.41) is 12.4. The standard InChI is InChI=1S/C37H50O3Si/c1-35(2,3)41(28-12-8-6-9-13-28,29-14-10-7-11-15-29)40-27-20-22-36(4)26(24-27)16-17-30-31-18-19-33(34(39)25-38)37(31,5)23-21-32(30)36/h6-16,27,30-33,38H,17-25H2,1-5H3/t27-,30?,31?,32?,33+,36-,37-/m0/s1. The molecule has 2 aromatic carbocycles. The van der Waals surface area contributed by atoms with Gasteiger partial charge in [-0.2, -0.15) is 0 Å². The highest BCUT2D eigenvalue weighted by Gasteiger charge is 2.60. The molecule has 6 rings (SSSR count). The number of rotatable bonds is 6. The van der Waals surface area contributed by atoms with Crippen molar-refractivity contribution < 1.29 is 14.3 Å². The van der Waals surface area contributed by atoms with Gasteiger partial charge in [0.05, 0.1) is 0 Å². The van der Waals surface area contributed by atoms with E-state index < -0.39 is 8.32 Å². The number of hydrogen-bond acceptors (Lipinski definition) is 3. The first kappa shape index (κ1) is 29.1. The van der Waals surface area contributed by atoms with Crippen molar-refractivity contribution >= 4 is 24.5 Å². The van der Waals surface area contributed by atoms with Crippen LogP contribution >= 0.6 is 0 Å². The highest BCUT2D eigenvalue weighted by atomic mass is 28.4. The molecule has 4 aliphatic carbocycles. The number of hydrogen-bond donors (Lipinski definition) is 1. The van der Waals surface area contributed by atoms with Crippen LogP contribution in [0.5, 0.6) is 0 Å². The van der Waals surface area contributed by atoms with Crippen LogP contribution in [-0.4, -0.2) is 31.9 Å². The third-order valence-electron chi connectivity index (χ3n) is 12.4. The molecule has 3 saturated carbocycles. The van der Waals surface area contributed by atoms with E-state index in [0.717, 1.165) is 38.5 Å². The molecule has 41 heavy (non-hydrogen) atoms. The van der Waals surface area contributed by atoms with E-state index in [1.807, 2.05) is 0 Å². The van der Waals surface area contributed by atoms with E-state index in [1.165, 1.54) is 23.2 Å². The predicted octanol–water partition coefficient (Wildman–Crippen LogP) is 7.07. The van der Waals surface area contributed by atoms with E-state index in [4.69, 9.17) is 4.43 Å². The maximum absolute atomic E-state index is 12.7. The Hall–Kier alpha value is -2.01. The first-order valence-electron chi connectivity index (χ1n) is 16.2. The molecule has 3 unspecified atom stereocenters. The Bertz CT molecular complexity index is 1240. The van der Waals surface area contributed by atoms with E-state index in [9.17, 15) is 9.90 Å². The van der Waals surface area contributed by atoms with Crippen LogP contribution in [0.25, 0.3) is 0 Å². The number of allylic oxidation sites excluding steroid dienone is 1. The molecule has 0 saturated heterocycles. The molecule has 0 bridgehead atoms. The summed E-state index contributed by atoms with van der Waals surface area (Å²) in [5.74, 6) is 2.08. The fourth-order valence-electron chi connectivity index (χ4n) is 10.3. The number of carbonyl (C=O) groups excluding carboxylic acids is 1. The lowest BCUT2D eigenvalue weighted by Crippen LogP contribution is -2.68. The van der Waals surface area contributed by atoms with Crippen molar-refractivity contribution in [2.45, 2.75) is 97.1 Å². The van der Waals surface area contributed by atoms with Crippen LogP contribution < -0.4 is 10.4 Å². The highest BCUT2D eigenvalue weighted by Crippen LogP contribution is 2.66. The molecule has 220 valence electrons. The second-order valence-electron chi connectivity index (χ2n) is 15.2. The molecule has 1 N–H and O–H groups in total. The normalized spacial score (nSPS) is 35.2. The lowest BCUT2D eigenvalue weighted by atomic mass is 9.47. The zero-order chi connectivity index (χ0) is 29.0. The van der Waals surface area contributed by atoms with Gasteiger partial charge in [0.2, 0.25) is 0 Å². The Labute approximate surface area is 248 Å². The average Bonchev–Trinajstić information content (AvgIpc) is 3.33. The summed E-state index contributed by atoms with van der Waals surface area (Å²) in [6.45, 7) is 11.8. The fourth-order valence-corrected chi connectivity index (χ4v) is 15.0. The second-order valence-corrected chi connectivity index (χ2v) is 19.5. The minimum Gasteiger partial charge on any atom is -0.404 e. The van der Waals surface area contributed by atoms with Crippen LogP contribution in [0, 0.1) is 34.5 Å². The van der Waals surface area contributed by atoms with Crippen molar-refractivity contribution in [3.63, 3.8) is 0 Å². The zero-order valence-electron chi connectivity index (χ0n) is 25.9. The summed E-state index contributed by atoms with van der Waals surface area (Å²) in [5.41, 5.74) is 1.93. The molecule has 0 aromatic heterocycles. The lowest BCUT2D eigenvalue weighted by molar-refractivity contribution is -0.132. The summed E-state index contributed by atoms with van der Waals surface area (Å²) in [6, 6.07) is 22.2. The number of ketones is 1. The molecular formula is C37H50O3Si. The number of Topliss-reactive ketones (excluding diaryl/α,β-unsaturated/α-hetero) is 1. The van der Waals surface area contributed by atoms with Crippen LogP contribution in [0.4, 0.5) is 0 Å². The topological polar surface area (TPSA) is 46.5 Å². The van der Waals surface area contributed by atoms with Gasteiger partial charge in [0.25, 0.3) is 8.32 Å². The SMILES string of the molecule is CC(C)(C)[Si](O[C@H]1CC[C@@]2(C)C(=CCC3C2CC[C@@]2(C)C3CC[C@@H]2C(=O)CO)C1)(c1ccccc1)c1ccccc1. The predicted molar refractivity (Wildman–Crippen MR) is 170 cm³/mol. The third kappa shape index (κ3) is 4.55. The van der Waals surface area contributed by atoms with Crippen LogP contribution in [0.15, 0.2) is 72.3 Å². The van der Waals surface area contributed by atoms with Gasteiger partial charge in [-0.05, 0) is 95.4 Å². The summed E-state index contributed by atoms with van der Waals surface area (Å²) < 4.78 is 7.62. The number of carbonyl (C=O) groups is 1. The molecule has 0 radical (unpaired) electrons. The van der Waals surface area contributed by atoms with E-state index in [0.29, 0.717) is 17.8 Å². The van der Waals surface area contributed by atoms with Crippen LogP contribution in [-0.2, 0) is 9.22 Å². The molecule has 0 aliphatic heterocycles. The van der Waals surface area contributed by atoms with Gasteiger partial charge in [0.1, 0.15) is 6.61 Å². The van der Waals surface area contributed by atoms with E-state index >= 15 is 0 Å². The first-order valence-corrected chi connectivity index (χ1v) is 18.1. The smallest absolute Gasteiger partial charge is 0.261 e. The Morgan fingerprint density at radius 2 is 1.54 bits per heavy atom. The number of aliphatic hydroxyl groups is 1. The van der Waals surface area contributed by atoms with E-state index in [1.54, 1.807) is 5.57 Å². The quantitative estimate of drug-likeness (QED) is 0.298.